The second-order valence-electron chi connectivity index (χ2n) is 10.7. The van der Waals surface area contributed by atoms with Gasteiger partial charge in [0.25, 0.3) is 0 Å². The number of thioether (sulfide) groups is 1. The summed E-state index contributed by atoms with van der Waals surface area (Å²) in [5, 5.41) is 16.9. The fourth-order valence-electron chi connectivity index (χ4n) is 6.93. The van der Waals surface area contributed by atoms with Crippen molar-refractivity contribution in [2.45, 2.75) is 35.4 Å². The largest absolute Gasteiger partial charge is 0.394 e. The SMILES string of the molecule is CC1C[C@H]2SC13C(C(=O)Nc1ccccc1Cl)N([C@H](CO)c1ccccc1)C(=O)[C@@H]3[C@H]2C(=O)Nc1ccccc1. The number of aliphatic hydroxyl groups is 1. The average Bonchev–Trinajstić information content (AvgIpc) is 3.55. The monoisotopic (exact) mass is 575 g/mol. The van der Waals surface area contributed by atoms with Gasteiger partial charge in [0.15, 0.2) is 0 Å². The van der Waals surface area contributed by atoms with Crippen molar-refractivity contribution in [1.82, 2.24) is 4.90 Å². The molecule has 0 saturated carbocycles. The molecule has 0 aliphatic carbocycles. The molecule has 7 nitrogen and oxygen atoms in total. The highest BCUT2D eigenvalue weighted by atomic mass is 35.5. The molecule has 6 rings (SSSR count). The number of para-hydroxylation sites is 2. The summed E-state index contributed by atoms with van der Waals surface area (Å²) in [6.07, 6.45) is 0.708. The van der Waals surface area contributed by atoms with Crippen LogP contribution in [-0.4, -0.2) is 50.4 Å². The van der Waals surface area contributed by atoms with E-state index in [1.807, 2.05) is 60.7 Å². The molecule has 40 heavy (non-hydrogen) atoms. The lowest BCUT2D eigenvalue weighted by atomic mass is 9.66. The molecule has 3 aromatic rings. The van der Waals surface area contributed by atoms with E-state index in [-0.39, 0.29) is 35.5 Å². The van der Waals surface area contributed by atoms with Gasteiger partial charge < -0.3 is 20.6 Å². The van der Waals surface area contributed by atoms with Crippen molar-refractivity contribution in [1.29, 1.82) is 0 Å². The minimum absolute atomic E-state index is 0.0145. The number of nitrogens with zero attached hydrogens (tertiary/aromatic N) is 1. The average molecular weight is 576 g/mol. The Morgan fingerprint density at radius 3 is 2.33 bits per heavy atom. The molecule has 3 N–H and O–H groups in total. The number of carbonyl (C=O) groups excluding carboxylic acids is 3. The van der Waals surface area contributed by atoms with Crippen LogP contribution >= 0.6 is 23.4 Å². The molecule has 3 aromatic carbocycles. The Labute approximate surface area is 242 Å². The highest BCUT2D eigenvalue weighted by Gasteiger charge is 2.76. The number of amides is 3. The summed E-state index contributed by atoms with van der Waals surface area (Å²) >= 11 is 7.98. The lowest BCUT2D eigenvalue weighted by Crippen LogP contribution is -2.55. The van der Waals surface area contributed by atoms with Gasteiger partial charge in [-0.1, -0.05) is 79.2 Å². The molecule has 206 valence electrons. The van der Waals surface area contributed by atoms with Crippen molar-refractivity contribution in [2.75, 3.05) is 17.2 Å². The van der Waals surface area contributed by atoms with E-state index < -0.39 is 28.7 Å². The van der Waals surface area contributed by atoms with E-state index in [2.05, 4.69) is 17.6 Å². The van der Waals surface area contributed by atoms with Crippen LogP contribution in [0.25, 0.3) is 0 Å². The molecule has 2 bridgehead atoms. The van der Waals surface area contributed by atoms with Crippen molar-refractivity contribution in [2.24, 2.45) is 17.8 Å². The summed E-state index contributed by atoms with van der Waals surface area (Å²) in [7, 11) is 0. The number of aliphatic hydroxyl groups excluding tert-OH is 1. The standard InChI is InChI=1S/C31H30ClN3O4S/c1-18-16-24-25(28(37)33-20-12-6-3-7-13-20)26-30(39)35(23(17-36)19-10-4-2-5-11-19)27(31(18,26)40-24)29(38)34-22-15-9-8-14-21(22)32/h2-15,18,23-27,36H,16-17H2,1H3,(H,33,37)(H,34,38)/t18?,23-,24-,25+,26+,27?,31?/m1/s1. The number of nitrogens with one attached hydrogen (secondary N) is 2. The zero-order valence-corrected chi connectivity index (χ0v) is 23.4. The van der Waals surface area contributed by atoms with Gasteiger partial charge in [-0.15, -0.1) is 11.8 Å². The third-order valence-electron chi connectivity index (χ3n) is 8.60. The fourth-order valence-corrected chi connectivity index (χ4v) is 9.53. The molecule has 3 saturated heterocycles. The third kappa shape index (κ3) is 4.21. The predicted molar refractivity (Wildman–Crippen MR) is 157 cm³/mol. The van der Waals surface area contributed by atoms with Gasteiger partial charge in [-0.3, -0.25) is 14.4 Å². The molecule has 3 aliphatic rings. The van der Waals surface area contributed by atoms with Gasteiger partial charge in [0.1, 0.15) is 6.04 Å². The first kappa shape index (κ1) is 26.9. The topological polar surface area (TPSA) is 98.7 Å². The van der Waals surface area contributed by atoms with Crippen molar-refractivity contribution in [3.05, 3.63) is 95.5 Å². The van der Waals surface area contributed by atoms with Gasteiger partial charge in [-0.25, -0.2) is 0 Å². The second-order valence-corrected chi connectivity index (χ2v) is 12.7. The first-order valence-corrected chi connectivity index (χ1v) is 14.7. The van der Waals surface area contributed by atoms with Gasteiger partial charge in [0.2, 0.25) is 17.7 Å². The number of hydrogen-bond donors (Lipinski definition) is 3. The Morgan fingerprint density at radius 1 is 1.00 bits per heavy atom. The highest BCUT2D eigenvalue weighted by molar-refractivity contribution is 8.02. The predicted octanol–water partition coefficient (Wildman–Crippen LogP) is 4.99. The Morgan fingerprint density at radius 2 is 1.65 bits per heavy atom. The maximum Gasteiger partial charge on any atom is 0.248 e. The third-order valence-corrected chi connectivity index (χ3v) is 11.0. The Bertz CT molecular complexity index is 1440. The molecule has 3 unspecified atom stereocenters. The van der Waals surface area contributed by atoms with E-state index in [0.29, 0.717) is 22.8 Å². The van der Waals surface area contributed by atoms with Crippen LogP contribution < -0.4 is 10.6 Å². The highest BCUT2D eigenvalue weighted by Crippen LogP contribution is 2.69. The van der Waals surface area contributed by atoms with Crippen LogP contribution in [0.4, 0.5) is 11.4 Å². The number of likely N-dealkylation sites (tertiary alicyclic amines) is 1. The molecule has 3 amide bonds. The summed E-state index contributed by atoms with van der Waals surface area (Å²) in [5.41, 5.74) is 1.84. The van der Waals surface area contributed by atoms with E-state index in [1.165, 1.54) is 0 Å². The zero-order valence-electron chi connectivity index (χ0n) is 21.9. The van der Waals surface area contributed by atoms with Crippen LogP contribution in [0.2, 0.25) is 5.02 Å². The zero-order chi connectivity index (χ0) is 28.0. The van der Waals surface area contributed by atoms with E-state index in [0.717, 1.165) is 5.56 Å². The quantitative estimate of drug-likeness (QED) is 0.369. The van der Waals surface area contributed by atoms with E-state index in [4.69, 9.17) is 11.6 Å². The molecule has 9 heteroatoms. The lowest BCUT2D eigenvalue weighted by Gasteiger charge is -2.40. The van der Waals surface area contributed by atoms with E-state index in [9.17, 15) is 19.5 Å². The van der Waals surface area contributed by atoms with Crippen LogP contribution in [-0.2, 0) is 14.4 Å². The van der Waals surface area contributed by atoms with Crippen LogP contribution in [0.3, 0.4) is 0 Å². The molecule has 0 radical (unpaired) electrons. The summed E-state index contributed by atoms with van der Waals surface area (Å²) in [4.78, 5) is 44.1. The van der Waals surface area contributed by atoms with Gasteiger partial charge in [0, 0.05) is 10.9 Å². The summed E-state index contributed by atoms with van der Waals surface area (Å²) in [5.74, 6) is -2.21. The van der Waals surface area contributed by atoms with Crippen LogP contribution in [0.15, 0.2) is 84.9 Å². The number of anilines is 2. The number of halogens is 1. The fraction of sp³-hybridized carbons (Fsp3) is 0.323. The van der Waals surface area contributed by atoms with Gasteiger partial charge in [0.05, 0.1) is 39.9 Å². The van der Waals surface area contributed by atoms with Crippen molar-refractivity contribution < 1.29 is 19.5 Å². The summed E-state index contributed by atoms with van der Waals surface area (Å²) in [6, 6.07) is 23.7. The van der Waals surface area contributed by atoms with Gasteiger partial charge >= 0.3 is 0 Å². The molecule has 7 atom stereocenters. The summed E-state index contributed by atoms with van der Waals surface area (Å²) in [6.45, 7) is 1.70. The molecule has 1 spiro atoms. The number of fused-ring (bicyclic) bond motifs is 1. The Hall–Kier alpha value is -3.33. The minimum atomic E-state index is -0.918. The van der Waals surface area contributed by atoms with Crippen molar-refractivity contribution in [3.63, 3.8) is 0 Å². The summed E-state index contributed by atoms with van der Waals surface area (Å²) < 4.78 is -0.839. The lowest BCUT2D eigenvalue weighted by molar-refractivity contribution is -0.141. The van der Waals surface area contributed by atoms with Crippen LogP contribution in [0, 0.1) is 17.8 Å². The van der Waals surface area contributed by atoms with E-state index >= 15 is 0 Å². The molecule has 0 aromatic heterocycles. The minimum Gasteiger partial charge on any atom is -0.394 e. The second kappa shape index (κ2) is 10.6. The number of hydrogen-bond acceptors (Lipinski definition) is 5. The van der Waals surface area contributed by atoms with Crippen LogP contribution in [0.1, 0.15) is 24.9 Å². The normalized spacial score (nSPS) is 29.2. The Kier molecular flexibility index (Phi) is 7.10. The molecule has 3 heterocycles. The van der Waals surface area contributed by atoms with E-state index in [1.54, 1.807) is 40.9 Å². The van der Waals surface area contributed by atoms with Crippen LogP contribution in [0.5, 0.6) is 0 Å². The smallest absolute Gasteiger partial charge is 0.248 e. The molecular formula is C31H30ClN3O4S. The first-order valence-electron chi connectivity index (χ1n) is 13.4. The molecule has 3 aliphatic heterocycles. The first-order chi connectivity index (χ1) is 19.4. The molecule has 3 fully saturated rings. The molecular weight excluding hydrogens is 546 g/mol. The van der Waals surface area contributed by atoms with Crippen molar-refractivity contribution >= 4 is 52.5 Å². The number of rotatable bonds is 7. The maximum absolute atomic E-state index is 14.5. The maximum atomic E-state index is 14.5. The number of benzene rings is 3. The van der Waals surface area contributed by atoms with Gasteiger partial charge in [-0.2, -0.15) is 0 Å². The number of carbonyl (C=O) groups is 3. The van der Waals surface area contributed by atoms with Crippen molar-refractivity contribution in [3.8, 4) is 0 Å². The van der Waals surface area contributed by atoms with Gasteiger partial charge in [-0.05, 0) is 42.2 Å². The Balaban J connectivity index is 1.44.